The van der Waals surface area contributed by atoms with Crippen LogP contribution in [-0.4, -0.2) is 48.9 Å². The molecule has 0 unspecified atom stereocenters. The Morgan fingerprint density at radius 3 is 2.42 bits per heavy atom. The summed E-state index contributed by atoms with van der Waals surface area (Å²) >= 11 is 6.15. The summed E-state index contributed by atoms with van der Waals surface area (Å²) in [6.45, 7) is 5.38. The van der Waals surface area contributed by atoms with Crippen molar-refractivity contribution in [3.8, 4) is 0 Å². The van der Waals surface area contributed by atoms with E-state index < -0.39 is 0 Å². The lowest BCUT2D eigenvalue weighted by Crippen LogP contribution is -2.43. The summed E-state index contributed by atoms with van der Waals surface area (Å²) in [6.07, 6.45) is 0. The van der Waals surface area contributed by atoms with Crippen LogP contribution in [0, 0.1) is 0 Å². The van der Waals surface area contributed by atoms with Gasteiger partial charge in [-0.3, -0.25) is 9.69 Å². The van der Waals surface area contributed by atoms with Crippen LogP contribution in [0.2, 0.25) is 5.02 Å². The third kappa shape index (κ3) is 4.81. The predicted molar refractivity (Wildman–Crippen MR) is 136 cm³/mol. The normalized spacial score (nSPS) is 18.1. The minimum absolute atomic E-state index is 0.134. The molecule has 0 aromatic heterocycles. The number of halogens is 1. The largest absolute Gasteiger partial charge is 0.354 e. The zero-order valence-electron chi connectivity index (χ0n) is 18.6. The highest BCUT2D eigenvalue weighted by Crippen LogP contribution is 2.38. The SMILES string of the molecule is CN1CCN(Cc2ccc(NC(=C3C(=O)Nc4cc(Cl)ccc43)c3ccccc3)cc2)CC1. The van der Waals surface area contributed by atoms with E-state index in [1.165, 1.54) is 5.56 Å². The molecule has 1 fully saturated rings. The van der Waals surface area contributed by atoms with Crippen molar-refractivity contribution in [3.05, 3.63) is 94.5 Å². The number of piperazine rings is 1. The van der Waals surface area contributed by atoms with Gasteiger partial charge in [-0.25, -0.2) is 0 Å². The van der Waals surface area contributed by atoms with Gasteiger partial charge < -0.3 is 15.5 Å². The van der Waals surface area contributed by atoms with Gasteiger partial charge in [0.1, 0.15) is 0 Å². The standard InChI is InChI=1S/C27H27ClN4O/c1-31-13-15-32(16-14-31)18-19-7-10-22(11-8-19)29-26(20-5-3-2-4-6-20)25-23-12-9-21(28)17-24(23)30-27(25)33/h2-12,17,29H,13-16,18H2,1H3,(H,30,33). The predicted octanol–water partition coefficient (Wildman–Crippen LogP) is 5.02. The molecule has 0 spiro atoms. The van der Waals surface area contributed by atoms with E-state index in [0.717, 1.165) is 60.9 Å². The van der Waals surface area contributed by atoms with E-state index in [1.54, 1.807) is 6.07 Å². The zero-order valence-corrected chi connectivity index (χ0v) is 19.4. The summed E-state index contributed by atoms with van der Waals surface area (Å²) < 4.78 is 0. The summed E-state index contributed by atoms with van der Waals surface area (Å²) in [6, 6.07) is 24.0. The van der Waals surface area contributed by atoms with E-state index in [2.05, 4.69) is 51.7 Å². The average molecular weight is 459 g/mol. The van der Waals surface area contributed by atoms with Crippen LogP contribution < -0.4 is 10.6 Å². The number of nitrogens with zero attached hydrogens (tertiary/aromatic N) is 2. The average Bonchev–Trinajstić information content (AvgIpc) is 3.15. The smallest absolute Gasteiger partial charge is 0.258 e. The Morgan fingerprint density at radius 1 is 0.970 bits per heavy atom. The summed E-state index contributed by atoms with van der Waals surface area (Å²) in [4.78, 5) is 17.8. The van der Waals surface area contributed by atoms with Crippen molar-refractivity contribution in [1.82, 2.24) is 9.80 Å². The summed E-state index contributed by atoms with van der Waals surface area (Å²) in [5.41, 5.74) is 6.17. The van der Waals surface area contributed by atoms with E-state index in [0.29, 0.717) is 10.6 Å². The third-order valence-electron chi connectivity index (χ3n) is 6.26. The molecule has 0 bridgehead atoms. The van der Waals surface area contributed by atoms with Crippen LogP contribution in [-0.2, 0) is 11.3 Å². The lowest BCUT2D eigenvalue weighted by molar-refractivity contribution is -0.110. The Labute approximate surface area is 199 Å². The van der Waals surface area contributed by atoms with Gasteiger partial charge in [0.15, 0.2) is 0 Å². The van der Waals surface area contributed by atoms with Crippen molar-refractivity contribution in [2.45, 2.75) is 6.54 Å². The summed E-state index contributed by atoms with van der Waals surface area (Å²) in [5.74, 6) is -0.134. The molecule has 3 aromatic rings. The number of hydrogen-bond acceptors (Lipinski definition) is 4. The highest BCUT2D eigenvalue weighted by molar-refractivity contribution is 6.38. The number of anilines is 2. The molecule has 2 aliphatic heterocycles. The highest BCUT2D eigenvalue weighted by atomic mass is 35.5. The minimum Gasteiger partial charge on any atom is -0.354 e. The van der Waals surface area contributed by atoms with Gasteiger partial charge in [0.2, 0.25) is 0 Å². The number of carbonyl (C=O) groups is 1. The van der Waals surface area contributed by atoms with Gasteiger partial charge in [-0.1, -0.05) is 60.1 Å². The van der Waals surface area contributed by atoms with Gasteiger partial charge >= 0.3 is 0 Å². The minimum atomic E-state index is -0.134. The van der Waals surface area contributed by atoms with Crippen molar-refractivity contribution in [3.63, 3.8) is 0 Å². The number of hydrogen-bond donors (Lipinski definition) is 2. The number of fused-ring (bicyclic) bond motifs is 1. The molecule has 2 heterocycles. The lowest BCUT2D eigenvalue weighted by atomic mass is 10.00. The molecule has 0 radical (unpaired) electrons. The second-order valence-corrected chi connectivity index (χ2v) is 9.10. The Kier molecular flexibility index (Phi) is 6.18. The van der Waals surface area contributed by atoms with Crippen LogP contribution in [0.3, 0.4) is 0 Å². The molecule has 0 atom stereocenters. The van der Waals surface area contributed by atoms with Gasteiger partial charge in [-0.2, -0.15) is 0 Å². The van der Waals surface area contributed by atoms with Gasteiger partial charge in [-0.05, 0) is 42.4 Å². The third-order valence-corrected chi connectivity index (χ3v) is 6.50. The number of likely N-dealkylation sites (N-methyl/N-ethyl adjacent to an activating group) is 1. The maximum absolute atomic E-state index is 13.0. The van der Waals surface area contributed by atoms with Gasteiger partial charge in [0, 0.05) is 49.0 Å². The molecule has 168 valence electrons. The van der Waals surface area contributed by atoms with Gasteiger partial charge in [-0.15, -0.1) is 0 Å². The fourth-order valence-corrected chi connectivity index (χ4v) is 4.55. The molecule has 3 aromatic carbocycles. The zero-order chi connectivity index (χ0) is 22.8. The number of benzene rings is 3. The first-order valence-electron chi connectivity index (χ1n) is 11.2. The molecule has 5 rings (SSSR count). The van der Waals surface area contributed by atoms with Crippen molar-refractivity contribution in [2.24, 2.45) is 0 Å². The van der Waals surface area contributed by atoms with Crippen LogP contribution in [0.1, 0.15) is 16.7 Å². The van der Waals surface area contributed by atoms with Crippen LogP contribution >= 0.6 is 11.6 Å². The Bertz CT molecular complexity index is 1180. The second-order valence-electron chi connectivity index (χ2n) is 8.66. The number of carbonyl (C=O) groups excluding carboxylic acids is 1. The van der Waals surface area contributed by atoms with E-state index in [1.807, 2.05) is 42.5 Å². The van der Waals surface area contributed by atoms with Crippen molar-refractivity contribution in [2.75, 3.05) is 43.9 Å². The van der Waals surface area contributed by atoms with Crippen LogP contribution in [0.25, 0.3) is 11.3 Å². The van der Waals surface area contributed by atoms with Crippen LogP contribution in [0.5, 0.6) is 0 Å². The Morgan fingerprint density at radius 2 is 1.70 bits per heavy atom. The van der Waals surface area contributed by atoms with Crippen molar-refractivity contribution < 1.29 is 4.79 Å². The van der Waals surface area contributed by atoms with Crippen LogP contribution in [0.15, 0.2) is 72.8 Å². The molecule has 1 amide bonds. The van der Waals surface area contributed by atoms with Gasteiger partial charge in [0.05, 0.1) is 17.0 Å². The Hall–Kier alpha value is -3.12. The molecule has 0 aliphatic carbocycles. The quantitative estimate of drug-likeness (QED) is 0.527. The maximum atomic E-state index is 13.0. The lowest BCUT2D eigenvalue weighted by Gasteiger charge is -2.32. The molecule has 2 aliphatic rings. The molecule has 33 heavy (non-hydrogen) atoms. The summed E-state index contributed by atoms with van der Waals surface area (Å²) in [7, 11) is 2.17. The first-order chi connectivity index (χ1) is 16.1. The summed E-state index contributed by atoms with van der Waals surface area (Å²) in [5, 5.41) is 7.07. The molecule has 0 saturated carbocycles. The van der Waals surface area contributed by atoms with Crippen molar-refractivity contribution >= 4 is 40.2 Å². The van der Waals surface area contributed by atoms with Crippen LogP contribution in [0.4, 0.5) is 11.4 Å². The van der Waals surface area contributed by atoms with E-state index >= 15 is 0 Å². The molecule has 6 heteroatoms. The number of rotatable bonds is 5. The molecule has 2 N–H and O–H groups in total. The first kappa shape index (κ1) is 21.7. The van der Waals surface area contributed by atoms with E-state index in [9.17, 15) is 4.79 Å². The Balaban J connectivity index is 1.44. The van der Waals surface area contributed by atoms with Crippen molar-refractivity contribution in [1.29, 1.82) is 0 Å². The first-order valence-corrected chi connectivity index (χ1v) is 11.6. The molecular weight excluding hydrogens is 432 g/mol. The molecular formula is C27H27ClN4O. The monoisotopic (exact) mass is 458 g/mol. The number of nitrogens with one attached hydrogen (secondary N) is 2. The second kappa shape index (κ2) is 9.40. The fraction of sp³-hybridized carbons (Fsp3) is 0.222. The van der Waals surface area contributed by atoms with E-state index in [-0.39, 0.29) is 5.91 Å². The highest BCUT2D eigenvalue weighted by Gasteiger charge is 2.28. The molecule has 1 saturated heterocycles. The topological polar surface area (TPSA) is 47.6 Å². The maximum Gasteiger partial charge on any atom is 0.258 e. The van der Waals surface area contributed by atoms with Gasteiger partial charge in [0.25, 0.3) is 5.91 Å². The number of amides is 1. The molecule has 5 nitrogen and oxygen atoms in total. The van der Waals surface area contributed by atoms with E-state index in [4.69, 9.17) is 11.6 Å². The fourth-order valence-electron chi connectivity index (χ4n) is 4.38.